The van der Waals surface area contributed by atoms with Crippen LogP contribution in [0.3, 0.4) is 0 Å². The van der Waals surface area contributed by atoms with E-state index in [1.165, 1.54) is 6.07 Å². The molecule has 5 rings (SSSR count). The van der Waals surface area contributed by atoms with E-state index >= 15 is 0 Å². The number of fused-ring (bicyclic) bond motifs is 1. The van der Waals surface area contributed by atoms with Crippen molar-refractivity contribution in [2.45, 2.75) is 51.1 Å². The van der Waals surface area contributed by atoms with E-state index in [1.54, 1.807) is 6.07 Å². The summed E-state index contributed by atoms with van der Waals surface area (Å²) in [5, 5.41) is 0. The molecule has 0 radical (unpaired) electrons. The van der Waals surface area contributed by atoms with Crippen LogP contribution in [0, 0.1) is 11.7 Å². The highest BCUT2D eigenvalue weighted by atomic mass is 19.1. The van der Waals surface area contributed by atoms with Crippen LogP contribution < -0.4 is 5.56 Å². The van der Waals surface area contributed by atoms with Crippen LogP contribution in [0.25, 0.3) is 0 Å². The van der Waals surface area contributed by atoms with Crippen molar-refractivity contribution in [2.75, 3.05) is 19.6 Å². The Morgan fingerprint density at radius 2 is 2.03 bits per heavy atom. The normalized spacial score (nSPS) is 22.0. The van der Waals surface area contributed by atoms with Crippen LogP contribution in [0.4, 0.5) is 4.39 Å². The predicted molar refractivity (Wildman–Crippen MR) is 110 cm³/mol. The van der Waals surface area contributed by atoms with E-state index in [0.29, 0.717) is 37.4 Å². The van der Waals surface area contributed by atoms with Gasteiger partial charge in [-0.1, -0.05) is 24.6 Å². The molecule has 1 aromatic heterocycles. The van der Waals surface area contributed by atoms with Crippen LogP contribution in [0.1, 0.15) is 54.2 Å². The Bertz CT molecular complexity index is 1020. The van der Waals surface area contributed by atoms with Crippen LogP contribution in [-0.4, -0.2) is 45.3 Å². The zero-order valence-electron chi connectivity index (χ0n) is 17.1. The van der Waals surface area contributed by atoms with Gasteiger partial charge in [-0.3, -0.25) is 14.5 Å². The summed E-state index contributed by atoms with van der Waals surface area (Å²) in [5.41, 5.74) is 2.09. The predicted octanol–water partition coefficient (Wildman–Crippen LogP) is 2.58. The molecular weight excluding hydrogens is 383 g/mol. The van der Waals surface area contributed by atoms with Gasteiger partial charge in [0.2, 0.25) is 5.91 Å². The van der Waals surface area contributed by atoms with Gasteiger partial charge >= 0.3 is 0 Å². The van der Waals surface area contributed by atoms with E-state index in [1.807, 2.05) is 17.0 Å². The molecule has 1 saturated carbocycles. The minimum atomic E-state index is -0.183. The number of halogens is 1. The average Bonchev–Trinajstić information content (AvgIpc) is 3.16. The number of aromatic nitrogens is 2. The molecule has 30 heavy (non-hydrogen) atoms. The SMILES string of the molecule is O=C(C1CCC1)N1CCc2c(nc([C@H]3CCN(Cc4ccccc4F)C3)[nH]c2=O)C1. The number of rotatable bonds is 4. The first-order chi connectivity index (χ1) is 14.6. The average molecular weight is 410 g/mol. The summed E-state index contributed by atoms with van der Waals surface area (Å²) in [6.45, 7) is 3.18. The van der Waals surface area contributed by atoms with Gasteiger partial charge < -0.3 is 9.88 Å². The van der Waals surface area contributed by atoms with Gasteiger partial charge in [0.1, 0.15) is 11.6 Å². The molecule has 0 spiro atoms. The zero-order valence-corrected chi connectivity index (χ0v) is 17.1. The molecule has 0 unspecified atom stereocenters. The van der Waals surface area contributed by atoms with Crippen molar-refractivity contribution < 1.29 is 9.18 Å². The Balaban J connectivity index is 1.30. The van der Waals surface area contributed by atoms with Crippen LogP contribution in [0.5, 0.6) is 0 Å². The smallest absolute Gasteiger partial charge is 0.254 e. The summed E-state index contributed by atoms with van der Waals surface area (Å²) < 4.78 is 14.0. The van der Waals surface area contributed by atoms with Gasteiger partial charge in [0.25, 0.3) is 5.56 Å². The number of H-pyrrole nitrogens is 1. The molecule has 6 nitrogen and oxygen atoms in total. The van der Waals surface area contributed by atoms with Crippen LogP contribution in [0.2, 0.25) is 0 Å². The quantitative estimate of drug-likeness (QED) is 0.841. The fourth-order valence-electron chi connectivity index (χ4n) is 4.82. The number of nitrogens with one attached hydrogen (secondary N) is 1. The Hall–Kier alpha value is -2.54. The molecule has 1 atom stereocenters. The largest absolute Gasteiger partial charge is 0.336 e. The fourth-order valence-corrected chi connectivity index (χ4v) is 4.82. The lowest BCUT2D eigenvalue weighted by Crippen LogP contribution is -2.43. The van der Waals surface area contributed by atoms with Gasteiger partial charge in [-0.05, 0) is 38.3 Å². The van der Waals surface area contributed by atoms with Crippen molar-refractivity contribution in [3.05, 3.63) is 63.1 Å². The summed E-state index contributed by atoms with van der Waals surface area (Å²) in [6, 6.07) is 6.86. The van der Waals surface area contributed by atoms with Crippen molar-refractivity contribution in [3.8, 4) is 0 Å². The van der Waals surface area contributed by atoms with E-state index in [9.17, 15) is 14.0 Å². The Kier molecular flexibility index (Phi) is 5.15. The number of amides is 1. The molecule has 1 saturated heterocycles. The van der Waals surface area contributed by atoms with Crippen molar-refractivity contribution in [1.82, 2.24) is 19.8 Å². The van der Waals surface area contributed by atoms with Crippen molar-refractivity contribution in [2.24, 2.45) is 5.92 Å². The molecule has 1 aromatic carbocycles. The van der Waals surface area contributed by atoms with Gasteiger partial charge in [0.15, 0.2) is 0 Å². The van der Waals surface area contributed by atoms with Gasteiger partial charge in [0, 0.05) is 42.6 Å². The lowest BCUT2D eigenvalue weighted by molar-refractivity contribution is -0.139. The summed E-state index contributed by atoms with van der Waals surface area (Å²) >= 11 is 0. The molecular formula is C23H27FN4O2. The minimum absolute atomic E-state index is 0.0710. The lowest BCUT2D eigenvalue weighted by atomic mass is 9.84. The van der Waals surface area contributed by atoms with Crippen molar-refractivity contribution in [1.29, 1.82) is 0 Å². The van der Waals surface area contributed by atoms with Crippen LogP contribution in [0.15, 0.2) is 29.1 Å². The molecule has 2 fully saturated rings. The maximum Gasteiger partial charge on any atom is 0.254 e. The number of nitrogens with zero attached hydrogens (tertiary/aromatic N) is 3. The maximum atomic E-state index is 14.0. The van der Waals surface area contributed by atoms with E-state index in [0.717, 1.165) is 50.0 Å². The minimum Gasteiger partial charge on any atom is -0.336 e. The zero-order chi connectivity index (χ0) is 20.7. The number of hydrogen-bond donors (Lipinski definition) is 1. The second-order valence-corrected chi connectivity index (χ2v) is 8.83. The van der Waals surface area contributed by atoms with Gasteiger partial charge in [-0.2, -0.15) is 0 Å². The lowest BCUT2D eigenvalue weighted by Gasteiger charge is -2.34. The highest BCUT2D eigenvalue weighted by molar-refractivity contribution is 5.79. The van der Waals surface area contributed by atoms with Gasteiger partial charge in [-0.25, -0.2) is 9.37 Å². The number of hydrogen-bond acceptors (Lipinski definition) is 4. The van der Waals surface area contributed by atoms with Crippen molar-refractivity contribution >= 4 is 5.91 Å². The fraction of sp³-hybridized carbons (Fsp3) is 0.522. The number of benzene rings is 1. The first kappa shape index (κ1) is 19.4. The maximum absolute atomic E-state index is 14.0. The molecule has 158 valence electrons. The molecule has 7 heteroatoms. The highest BCUT2D eigenvalue weighted by Gasteiger charge is 2.33. The van der Waals surface area contributed by atoms with Gasteiger partial charge in [-0.15, -0.1) is 0 Å². The Morgan fingerprint density at radius 1 is 1.20 bits per heavy atom. The molecule has 0 bridgehead atoms. The number of aromatic amines is 1. The van der Waals surface area contributed by atoms with E-state index in [-0.39, 0.29) is 29.1 Å². The third-order valence-corrected chi connectivity index (χ3v) is 6.87. The molecule has 2 aromatic rings. The number of likely N-dealkylation sites (tertiary alicyclic amines) is 1. The topological polar surface area (TPSA) is 69.3 Å². The van der Waals surface area contributed by atoms with Gasteiger partial charge in [0.05, 0.1) is 12.2 Å². The molecule has 1 N–H and O–H groups in total. The monoisotopic (exact) mass is 410 g/mol. The van der Waals surface area contributed by atoms with E-state index in [4.69, 9.17) is 4.98 Å². The molecule has 1 aliphatic carbocycles. The third kappa shape index (κ3) is 3.67. The molecule has 1 amide bonds. The third-order valence-electron chi connectivity index (χ3n) is 6.87. The van der Waals surface area contributed by atoms with Crippen LogP contribution >= 0.6 is 0 Å². The summed E-state index contributed by atoms with van der Waals surface area (Å²) in [5.74, 6) is 1.01. The summed E-state index contributed by atoms with van der Waals surface area (Å²) in [4.78, 5) is 37.2. The second kappa shape index (κ2) is 7.95. The second-order valence-electron chi connectivity index (χ2n) is 8.83. The van der Waals surface area contributed by atoms with Crippen molar-refractivity contribution in [3.63, 3.8) is 0 Å². The first-order valence-corrected chi connectivity index (χ1v) is 10.9. The van der Waals surface area contributed by atoms with E-state index < -0.39 is 0 Å². The number of carbonyl (C=O) groups excluding carboxylic acids is 1. The summed E-state index contributed by atoms with van der Waals surface area (Å²) in [7, 11) is 0. The summed E-state index contributed by atoms with van der Waals surface area (Å²) in [6.07, 6.45) is 4.54. The molecule has 2 aliphatic heterocycles. The highest BCUT2D eigenvalue weighted by Crippen LogP contribution is 2.30. The standard InChI is InChI=1S/C23H27FN4O2/c24-19-7-2-1-4-16(19)12-27-10-8-17(13-27)21-25-20-14-28(23(30)15-5-3-6-15)11-9-18(20)22(29)26-21/h1-2,4,7,15,17H,3,5-6,8-14H2,(H,25,26,29)/t17-/m0/s1. The Labute approximate surface area is 175 Å². The Morgan fingerprint density at radius 3 is 2.80 bits per heavy atom. The number of carbonyl (C=O) groups is 1. The van der Waals surface area contributed by atoms with E-state index in [2.05, 4.69) is 9.88 Å². The first-order valence-electron chi connectivity index (χ1n) is 10.9. The van der Waals surface area contributed by atoms with Crippen LogP contribution in [-0.2, 0) is 24.3 Å². The molecule has 3 aliphatic rings. The molecule has 3 heterocycles.